The normalized spacial score (nSPS) is 18.1. The lowest BCUT2D eigenvalue weighted by Crippen LogP contribution is -2.46. The molecule has 4 aliphatic heterocycles. The fraction of sp³-hybridized carbons (Fsp3) is 0.286. The van der Waals surface area contributed by atoms with Gasteiger partial charge >= 0.3 is 0 Å². The maximum absolute atomic E-state index is 5.44. The standard InChI is InChI=1S/C42H46N12/c1-29(45-43)31-3-11-35(12-4-31)51-19-23-53(24-20-51)37-15-7-33(8-16-37)39-27-41(49-47-39)42-28-40(48-50-42)34-9-17-38(18-10-34)54-25-21-52(22-26-54)36-13-5-32(6-14-36)30(2)46-44/h3-18H,19-28,43-44H2,1-2H3/b45-29+,46-30+. The van der Waals surface area contributed by atoms with E-state index in [-0.39, 0.29) is 0 Å². The summed E-state index contributed by atoms with van der Waals surface area (Å²) in [7, 11) is 0. The summed E-state index contributed by atoms with van der Waals surface area (Å²) in [6.07, 6.45) is 1.32. The maximum atomic E-state index is 5.44. The Morgan fingerprint density at radius 3 is 0.944 bits per heavy atom. The smallest absolute Gasteiger partial charge is 0.0928 e. The molecule has 0 aliphatic carbocycles. The molecule has 4 aromatic carbocycles. The summed E-state index contributed by atoms with van der Waals surface area (Å²) in [6, 6.07) is 34.4. The second kappa shape index (κ2) is 15.4. The Labute approximate surface area is 316 Å². The zero-order valence-electron chi connectivity index (χ0n) is 30.9. The molecule has 0 radical (unpaired) electrons. The van der Waals surface area contributed by atoms with Crippen LogP contribution in [0.2, 0.25) is 0 Å². The van der Waals surface area contributed by atoms with Crippen LogP contribution in [0, 0.1) is 0 Å². The van der Waals surface area contributed by atoms with E-state index in [2.05, 4.69) is 147 Å². The summed E-state index contributed by atoms with van der Waals surface area (Å²) in [5.41, 5.74) is 14.6. The minimum absolute atomic E-state index is 0.658. The van der Waals surface area contributed by atoms with E-state index in [1.165, 1.54) is 22.7 Å². The zero-order valence-corrected chi connectivity index (χ0v) is 30.9. The number of hydrazone groups is 2. The summed E-state index contributed by atoms with van der Waals surface area (Å²) < 4.78 is 0. The van der Waals surface area contributed by atoms with Gasteiger partial charge in [0.15, 0.2) is 0 Å². The Balaban J connectivity index is 0.790. The molecule has 8 rings (SSSR count). The van der Waals surface area contributed by atoms with E-state index in [0.717, 1.165) is 109 Å². The van der Waals surface area contributed by atoms with Crippen molar-refractivity contribution >= 4 is 57.0 Å². The molecule has 4 aromatic rings. The van der Waals surface area contributed by atoms with Gasteiger partial charge in [0.2, 0.25) is 0 Å². The number of rotatable bonds is 9. The molecule has 4 aliphatic rings. The second-order valence-corrected chi connectivity index (χ2v) is 14.1. The van der Waals surface area contributed by atoms with Crippen LogP contribution in [-0.2, 0) is 0 Å². The Hall–Kier alpha value is -6.30. The summed E-state index contributed by atoms with van der Waals surface area (Å²) >= 11 is 0. The topological polar surface area (TPSA) is 139 Å². The molecule has 12 nitrogen and oxygen atoms in total. The summed E-state index contributed by atoms with van der Waals surface area (Å²) in [5, 5.41) is 25.8. The number of hydrogen-bond acceptors (Lipinski definition) is 12. The molecule has 54 heavy (non-hydrogen) atoms. The lowest BCUT2D eigenvalue weighted by molar-refractivity contribution is 0.653. The lowest BCUT2D eigenvalue weighted by Gasteiger charge is -2.37. The predicted octanol–water partition coefficient (Wildman–Crippen LogP) is 5.50. The van der Waals surface area contributed by atoms with E-state index in [1.54, 1.807) is 0 Å². The van der Waals surface area contributed by atoms with Crippen molar-refractivity contribution in [2.75, 3.05) is 72.0 Å². The van der Waals surface area contributed by atoms with Gasteiger partial charge in [-0.25, -0.2) is 0 Å². The maximum Gasteiger partial charge on any atom is 0.0928 e. The van der Waals surface area contributed by atoms with E-state index in [9.17, 15) is 0 Å². The monoisotopic (exact) mass is 718 g/mol. The summed E-state index contributed by atoms with van der Waals surface area (Å²) in [6.45, 7) is 11.6. The molecular weight excluding hydrogens is 673 g/mol. The molecule has 274 valence electrons. The van der Waals surface area contributed by atoms with Gasteiger partial charge < -0.3 is 31.3 Å². The fourth-order valence-electron chi connectivity index (χ4n) is 7.49. The molecular formula is C42H46N12. The van der Waals surface area contributed by atoms with Gasteiger partial charge in [0, 0.05) is 87.9 Å². The molecule has 0 amide bonds. The molecule has 0 unspecified atom stereocenters. The molecule has 4 heterocycles. The average Bonchev–Trinajstić information content (AvgIpc) is 3.95. The number of nitrogens with zero attached hydrogens (tertiary/aromatic N) is 10. The third-order valence-electron chi connectivity index (χ3n) is 11.0. The van der Waals surface area contributed by atoms with Crippen molar-refractivity contribution in [2.24, 2.45) is 42.3 Å². The fourth-order valence-corrected chi connectivity index (χ4v) is 7.49. The van der Waals surface area contributed by atoms with Crippen LogP contribution in [0.4, 0.5) is 22.7 Å². The highest BCUT2D eigenvalue weighted by Gasteiger charge is 2.25. The van der Waals surface area contributed by atoms with Gasteiger partial charge in [-0.05, 0) is 84.6 Å². The number of anilines is 4. The average molecular weight is 719 g/mol. The molecule has 0 spiro atoms. The molecule has 4 N–H and O–H groups in total. The third kappa shape index (κ3) is 7.32. The highest BCUT2D eigenvalue weighted by Crippen LogP contribution is 2.26. The van der Waals surface area contributed by atoms with Crippen molar-refractivity contribution in [1.82, 2.24) is 0 Å². The first-order valence-corrected chi connectivity index (χ1v) is 18.6. The zero-order chi connectivity index (χ0) is 37.0. The molecule has 2 fully saturated rings. The van der Waals surface area contributed by atoms with Gasteiger partial charge in [-0.15, -0.1) is 0 Å². The van der Waals surface area contributed by atoms with Crippen LogP contribution in [0.15, 0.2) is 128 Å². The van der Waals surface area contributed by atoms with E-state index >= 15 is 0 Å². The van der Waals surface area contributed by atoms with Crippen molar-refractivity contribution in [3.63, 3.8) is 0 Å². The Morgan fingerprint density at radius 2 is 0.667 bits per heavy atom. The van der Waals surface area contributed by atoms with Crippen molar-refractivity contribution in [3.8, 4) is 0 Å². The summed E-state index contributed by atoms with van der Waals surface area (Å²) in [5.74, 6) is 10.9. The van der Waals surface area contributed by atoms with Gasteiger partial charge in [-0.2, -0.15) is 30.6 Å². The minimum atomic E-state index is 0.658. The van der Waals surface area contributed by atoms with Crippen LogP contribution in [-0.4, -0.2) is 86.6 Å². The number of benzene rings is 4. The SMILES string of the molecule is C/C(=N\N)c1ccc(N2CCN(c3ccc(C4=NN=C(C5=NN=C(c6ccc(N7CCN(c8ccc(/C(C)=N/N)cc8)CC7)cc6)C5)C4)cc3)CC2)cc1. The van der Waals surface area contributed by atoms with Crippen molar-refractivity contribution in [2.45, 2.75) is 26.7 Å². The lowest BCUT2D eigenvalue weighted by atomic mass is 9.98. The van der Waals surface area contributed by atoms with Crippen LogP contribution in [0.25, 0.3) is 0 Å². The predicted molar refractivity (Wildman–Crippen MR) is 225 cm³/mol. The Morgan fingerprint density at radius 1 is 0.407 bits per heavy atom. The van der Waals surface area contributed by atoms with E-state index in [4.69, 9.17) is 11.7 Å². The van der Waals surface area contributed by atoms with Gasteiger partial charge in [0.05, 0.1) is 34.3 Å². The van der Waals surface area contributed by atoms with Crippen molar-refractivity contribution in [3.05, 3.63) is 119 Å². The third-order valence-corrected chi connectivity index (χ3v) is 11.0. The van der Waals surface area contributed by atoms with Crippen molar-refractivity contribution < 1.29 is 0 Å². The van der Waals surface area contributed by atoms with Crippen LogP contribution in [0.3, 0.4) is 0 Å². The van der Waals surface area contributed by atoms with E-state index < -0.39 is 0 Å². The number of nitrogens with two attached hydrogens (primary N) is 2. The van der Waals surface area contributed by atoms with Crippen molar-refractivity contribution in [1.29, 1.82) is 0 Å². The second-order valence-electron chi connectivity index (χ2n) is 14.1. The van der Waals surface area contributed by atoms with E-state index in [1.807, 2.05) is 13.8 Å². The van der Waals surface area contributed by atoms with Gasteiger partial charge in [-0.3, -0.25) is 0 Å². The molecule has 12 heteroatoms. The van der Waals surface area contributed by atoms with Gasteiger partial charge in [-0.1, -0.05) is 48.5 Å². The molecule has 2 saturated heterocycles. The van der Waals surface area contributed by atoms with Gasteiger partial charge in [0.25, 0.3) is 0 Å². The van der Waals surface area contributed by atoms with Crippen LogP contribution in [0.5, 0.6) is 0 Å². The minimum Gasteiger partial charge on any atom is -0.368 e. The molecule has 0 bridgehead atoms. The molecule has 0 atom stereocenters. The first kappa shape index (κ1) is 34.8. The summed E-state index contributed by atoms with van der Waals surface area (Å²) in [4.78, 5) is 9.75. The quantitative estimate of drug-likeness (QED) is 0.133. The van der Waals surface area contributed by atoms with Crippen LogP contribution >= 0.6 is 0 Å². The largest absolute Gasteiger partial charge is 0.368 e. The highest BCUT2D eigenvalue weighted by molar-refractivity contribution is 6.50. The number of piperazine rings is 2. The highest BCUT2D eigenvalue weighted by atomic mass is 15.3. The Bertz CT molecular complexity index is 1990. The van der Waals surface area contributed by atoms with Crippen LogP contribution in [0.1, 0.15) is 48.9 Å². The first-order chi connectivity index (χ1) is 26.4. The van der Waals surface area contributed by atoms with Gasteiger partial charge in [0.1, 0.15) is 0 Å². The molecule has 0 saturated carbocycles. The van der Waals surface area contributed by atoms with Crippen LogP contribution < -0.4 is 31.3 Å². The van der Waals surface area contributed by atoms with E-state index in [0.29, 0.717) is 12.8 Å². The number of hydrogen-bond donors (Lipinski definition) is 2. The Kier molecular flexibility index (Phi) is 9.89. The molecule has 0 aromatic heterocycles. The first-order valence-electron chi connectivity index (χ1n) is 18.6.